The van der Waals surface area contributed by atoms with Crippen LogP contribution in [0.15, 0.2) is 0 Å². The molecule has 0 N–H and O–H groups in total. The van der Waals surface area contributed by atoms with Crippen LogP contribution in [0.5, 0.6) is 0 Å². The van der Waals surface area contributed by atoms with Crippen molar-refractivity contribution in [3.05, 3.63) is 0 Å². The quantitative estimate of drug-likeness (QED) is 0.431. The second-order valence-electron chi connectivity index (χ2n) is 3.52. The standard InChI is InChI=1S/C9H14N2O3S/c1-3-6(5-15)4-11-8(13)7(12)10(2)9(11)14/h6,15H,3-5H2,1-2H3. The first-order valence-corrected chi connectivity index (χ1v) is 5.40. The Hall–Kier alpha value is -1.04. The molecule has 1 aliphatic heterocycles. The van der Waals surface area contributed by atoms with Crippen LogP contribution in [-0.4, -0.2) is 47.0 Å². The molecule has 1 fully saturated rings. The lowest BCUT2D eigenvalue weighted by Gasteiger charge is -2.18. The topological polar surface area (TPSA) is 57.7 Å². The second-order valence-corrected chi connectivity index (χ2v) is 3.88. The molecule has 0 aromatic rings. The molecular weight excluding hydrogens is 216 g/mol. The number of rotatable bonds is 4. The Bertz CT molecular complexity index is 302. The highest BCUT2D eigenvalue weighted by Gasteiger charge is 2.42. The number of imide groups is 2. The minimum absolute atomic E-state index is 0.139. The molecule has 84 valence electrons. The van der Waals surface area contributed by atoms with Crippen LogP contribution in [-0.2, 0) is 9.59 Å². The molecule has 0 radical (unpaired) electrons. The third-order valence-corrected chi connectivity index (χ3v) is 3.04. The van der Waals surface area contributed by atoms with E-state index in [1.807, 2.05) is 6.92 Å². The van der Waals surface area contributed by atoms with Crippen molar-refractivity contribution in [1.82, 2.24) is 9.80 Å². The van der Waals surface area contributed by atoms with E-state index in [2.05, 4.69) is 12.6 Å². The number of carbonyl (C=O) groups is 3. The first-order valence-electron chi connectivity index (χ1n) is 4.77. The number of urea groups is 1. The molecule has 4 amide bonds. The van der Waals surface area contributed by atoms with E-state index in [9.17, 15) is 14.4 Å². The molecule has 0 aromatic carbocycles. The Labute approximate surface area is 93.8 Å². The van der Waals surface area contributed by atoms with Gasteiger partial charge in [0.1, 0.15) is 0 Å². The Morgan fingerprint density at radius 3 is 2.20 bits per heavy atom. The molecular formula is C9H14N2O3S. The van der Waals surface area contributed by atoms with Gasteiger partial charge in [-0.3, -0.25) is 19.4 Å². The van der Waals surface area contributed by atoms with Crippen LogP contribution in [0.4, 0.5) is 4.79 Å². The highest BCUT2D eigenvalue weighted by atomic mass is 32.1. The van der Waals surface area contributed by atoms with E-state index < -0.39 is 17.8 Å². The van der Waals surface area contributed by atoms with Crippen molar-refractivity contribution in [1.29, 1.82) is 0 Å². The van der Waals surface area contributed by atoms with Gasteiger partial charge in [-0.15, -0.1) is 0 Å². The van der Waals surface area contributed by atoms with Gasteiger partial charge in [-0.1, -0.05) is 13.3 Å². The van der Waals surface area contributed by atoms with Gasteiger partial charge in [0.15, 0.2) is 0 Å². The fraction of sp³-hybridized carbons (Fsp3) is 0.667. The average molecular weight is 230 g/mol. The van der Waals surface area contributed by atoms with Gasteiger partial charge < -0.3 is 0 Å². The minimum Gasteiger partial charge on any atom is -0.263 e. The summed E-state index contributed by atoms with van der Waals surface area (Å²) in [5, 5.41) is 0. The predicted molar refractivity (Wildman–Crippen MR) is 57.5 cm³/mol. The molecule has 0 spiro atoms. The van der Waals surface area contributed by atoms with Gasteiger partial charge in [-0.05, 0) is 11.7 Å². The number of hydrogen-bond acceptors (Lipinski definition) is 4. The molecule has 1 saturated heterocycles. The van der Waals surface area contributed by atoms with E-state index in [0.717, 1.165) is 16.2 Å². The fourth-order valence-electron chi connectivity index (χ4n) is 1.35. The number of hydrogen-bond donors (Lipinski definition) is 1. The smallest absolute Gasteiger partial charge is 0.263 e. The SMILES string of the molecule is CCC(CS)CN1C(=O)C(=O)N(C)C1=O. The van der Waals surface area contributed by atoms with Crippen molar-refractivity contribution in [2.45, 2.75) is 13.3 Å². The summed E-state index contributed by atoms with van der Waals surface area (Å²) in [5.74, 6) is -0.761. The summed E-state index contributed by atoms with van der Waals surface area (Å²) in [4.78, 5) is 35.9. The largest absolute Gasteiger partial charge is 0.333 e. The number of likely N-dealkylation sites (N-methyl/N-ethyl adjacent to an activating group) is 1. The zero-order valence-corrected chi connectivity index (χ0v) is 9.66. The predicted octanol–water partition coefficient (Wildman–Crippen LogP) is 0.363. The number of thiol groups is 1. The van der Waals surface area contributed by atoms with Crippen LogP contribution in [0.2, 0.25) is 0 Å². The van der Waals surface area contributed by atoms with Gasteiger partial charge >= 0.3 is 17.8 Å². The van der Waals surface area contributed by atoms with Crippen molar-refractivity contribution in [3.8, 4) is 0 Å². The van der Waals surface area contributed by atoms with Crippen LogP contribution in [0.3, 0.4) is 0 Å². The number of nitrogens with zero attached hydrogens (tertiary/aromatic N) is 2. The highest BCUT2D eigenvalue weighted by molar-refractivity contribution is 7.80. The van der Waals surface area contributed by atoms with Gasteiger partial charge in [0.25, 0.3) is 0 Å². The van der Waals surface area contributed by atoms with E-state index in [1.165, 1.54) is 7.05 Å². The summed E-state index contributed by atoms with van der Waals surface area (Å²) in [7, 11) is 1.31. The average Bonchev–Trinajstić information content (AvgIpc) is 2.42. The lowest BCUT2D eigenvalue weighted by atomic mass is 10.1. The summed E-state index contributed by atoms with van der Waals surface area (Å²) in [6, 6.07) is -0.537. The van der Waals surface area contributed by atoms with Crippen molar-refractivity contribution in [2.75, 3.05) is 19.3 Å². The summed E-state index contributed by atoms with van der Waals surface area (Å²) in [6.07, 6.45) is 0.818. The third kappa shape index (κ3) is 2.14. The zero-order valence-electron chi connectivity index (χ0n) is 8.77. The van der Waals surface area contributed by atoms with Crippen LogP contribution in [0.1, 0.15) is 13.3 Å². The Balaban J connectivity index is 2.74. The van der Waals surface area contributed by atoms with Gasteiger partial charge in [0.05, 0.1) is 0 Å². The lowest BCUT2D eigenvalue weighted by molar-refractivity contribution is -0.143. The van der Waals surface area contributed by atoms with Crippen molar-refractivity contribution in [3.63, 3.8) is 0 Å². The van der Waals surface area contributed by atoms with E-state index in [1.54, 1.807) is 0 Å². The van der Waals surface area contributed by atoms with E-state index in [-0.39, 0.29) is 12.5 Å². The Morgan fingerprint density at radius 2 is 1.87 bits per heavy atom. The molecule has 1 atom stereocenters. The fourth-order valence-corrected chi connectivity index (χ4v) is 1.72. The summed E-state index contributed by atoms with van der Waals surface area (Å²) in [5.41, 5.74) is 0. The van der Waals surface area contributed by atoms with Gasteiger partial charge in [0, 0.05) is 13.6 Å². The molecule has 6 heteroatoms. The molecule has 0 aromatic heterocycles. The second kappa shape index (κ2) is 4.65. The third-order valence-electron chi connectivity index (χ3n) is 2.53. The molecule has 1 rings (SSSR count). The maximum atomic E-state index is 11.5. The molecule has 1 unspecified atom stereocenters. The van der Waals surface area contributed by atoms with Gasteiger partial charge in [-0.2, -0.15) is 12.6 Å². The normalized spacial score (nSPS) is 19.0. The molecule has 1 aliphatic rings. The van der Waals surface area contributed by atoms with Crippen molar-refractivity contribution in [2.24, 2.45) is 5.92 Å². The monoisotopic (exact) mass is 230 g/mol. The molecule has 5 nitrogen and oxygen atoms in total. The minimum atomic E-state index is -0.756. The summed E-state index contributed by atoms with van der Waals surface area (Å²) >= 11 is 4.12. The van der Waals surface area contributed by atoms with E-state index in [4.69, 9.17) is 0 Å². The van der Waals surface area contributed by atoms with Crippen LogP contribution >= 0.6 is 12.6 Å². The number of carbonyl (C=O) groups excluding carboxylic acids is 3. The van der Waals surface area contributed by atoms with E-state index in [0.29, 0.717) is 5.75 Å². The molecule has 0 saturated carbocycles. The van der Waals surface area contributed by atoms with E-state index >= 15 is 0 Å². The Kier molecular flexibility index (Phi) is 3.73. The van der Waals surface area contributed by atoms with Crippen LogP contribution in [0, 0.1) is 5.92 Å². The first kappa shape index (κ1) is 12.0. The number of amides is 4. The zero-order chi connectivity index (χ0) is 11.6. The molecule has 0 bridgehead atoms. The summed E-state index contributed by atoms with van der Waals surface area (Å²) < 4.78 is 0. The van der Waals surface area contributed by atoms with Gasteiger partial charge in [-0.25, -0.2) is 4.79 Å². The maximum Gasteiger partial charge on any atom is 0.333 e. The lowest BCUT2D eigenvalue weighted by Crippen LogP contribution is -2.36. The van der Waals surface area contributed by atoms with Gasteiger partial charge in [0.2, 0.25) is 0 Å². The first-order chi connectivity index (χ1) is 7.02. The van der Waals surface area contributed by atoms with Crippen molar-refractivity contribution < 1.29 is 14.4 Å². The molecule has 15 heavy (non-hydrogen) atoms. The van der Waals surface area contributed by atoms with Crippen molar-refractivity contribution >= 4 is 30.5 Å². The highest BCUT2D eigenvalue weighted by Crippen LogP contribution is 2.14. The Morgan fingerprint density at radius 1 is 1.27 bits per heavy atom. The molecule has 0 aliphatic carbocycles. The maximum absolute atomic E-state index is 11.5. The van der Waals surface area contributed by atoms with Crippen LogP contribution in [0.25, 0.3) is 0 Å². The molecule has 1 heterocycles. The van der Waals surface area contributed by atoms with Crippen LogP contribution < -0.4 is 0 Å². The summed E-state index contributed by atoms with van der Waals surface area (Å²) in [6.45, 7) is 2.23.